The molecular formula is C17H22N6O2S. The van der Waals surface area contributed by atoms with Crippen molar-refractivity contribution in [3.63, 3.8) is 0 Å². The number of aromatic nitrogens is 3. The summed E-state index contributed by atoms with van der Waals surface area (Å²) in [7, 11) is 1.57. The molecule has 1 aromatic heterocycles. The van der Waals surface area contributed by atoms with Crippen molar-refractivity contribution in [3.8, 4) is 23.2 Å². The number of ether oxygens (including phenoxy) is 1. The number of hydrogen-bond acceptors (Lipinski definition) is 7. The number of nitriles is 1. The van der Waals surface area contributed by atoms with Crippen LogP contribution in [0.5, 0.6) is 5.75 Å². The van der Waals surface area contributed by atoms with Gasteiger partial charge in [-0.15, -0.1) is 10.2 Å². The maximum Gasteiger partial charge on any atom is 0.231 e. The molecule has 0 unspecified atom stereocenters. The van der Waals surface area contributed by atoms with E-state index in [9.17, 15) is 10.1 Å². The van der Waals surface area contributed by atoms with E-state index in [2.05, 4.69) is 21.6 Å². The molecule has 9 heteroatoms. The minimum absolute atomic E-state index is 0.0169. The molecule has 0 radical (unpaired) electrons. The monoisotopic (exact) mass is 374 g/mol. The van der Waals surface area contributed by atoms with Gasteiger partial charge < -0.3 is 15.9 Å². The summed E-state index contributed by atoms with van der Waals surface area (Å²) in [6, 6.07) is 9.47. The molecule has 0 aliphatic heterocycles. The Morgan fingerprint density at radius 2 is 2.15 bits per heavy atom. The first-order valence-electron chi connectivity index (χ1n) is 8.01. The number of nitrogen functional groups attached to an aromatic ring is 1. The zero-order valence-corrected chi connectivity index (χ0v) is 16.0. The molecule has 3 N–H and O–H groups in total. The lowest BCUT2D eigenvalue weighted by Crippen LogP contribution is -2.49. The third-order valence-electron chi connectivity index (χ3n) is 4.13. The van der Waals surface area contributed by atoms with Gasteiger partial charge in [0, 0.05) is 0 Å². The SMILES string of the molecule is COc1ccccc1-c1nnc(SCC(=O)N[C@](C)(C#N)C(C)C)n1N. The number of methoxy groups -OCH3 is 1. The summed E-state index contributed by atoms with van der Waals surface area (Å²) in [6.07, 6.45) is 0. The molecule has 0 bridgehead atoms. The van der Waals surface area contributed by atoms with E-state index in [1.807, 2.05) is 32.0 Å². The molecule has 0 aliphatic carbocycles. The summed E-state index contributed by atoms with van der Waals surface area (Å²) in [4.78, 5) is 12.2. The minimum atomic E-state index is -0.920. The van der Waals surface area contributed by atoms with Gasteiger partial charge in [-0.1, -0.05) is 37.7 Å². The molecule has 26 heavy (non-hydrogen) atoms. The fourth-order valence-electron chi connectivity index (χ4n) is 2.15. The summed E-state index contributed by atoms with van der Waals surface area (Å²) in [5.74, 6) is 6.93. The Kier molecular flexibility index (Phi) is 6.10. The standard InChI is InChI=1S/C17H22N6O2S/c1-11(2)17(3,10-18)20-14(24)9-26-16-22-21-15(23(16)19)12-7-5-6-8-13(12)25-4/h5-8,11H,9,19H2,1-4H3,(H,20,24)/t17-/m1/s1. The van der Waals surface area contributed by atoms with Gasteiger partial charge in [0.2, 0.25) is 11.1 Å². The van der Waals surface area contributed by atoms with E-state index in [1.54, 1.807) is 20.1 Å². The first-order chi connectivity index (χ1) is 12.3. The van der Waals surface area contributed by atoms with Crippen LogP contribution in [0.4, 0.5) is 0 Å². The van der Waals surface area contributed by atoms with Gasteiger partial charge in [-0.25, -0.2) is 4.68 Å². The number of carbonyl (C=O) groups is 1. The van der Waals surface area contributed by atoms with Crippen LogP contribution in [0.25, 0.3) is 11.4 Å². The number of nitrogens with zero attached hydrogens (tertiary/aromatic N) is 4. The lowest BCUT2D eigenvalue weighted by molar-refractivity contribution is -0.120. The van der Waals surface area contributed by atoms with Crippen LogP contribution in [0.15, 0.2) is 29.4 Å². The van der Waals surface area contributed by atoms with E-state index in [0.717, 1.165) is 11.8 Å². The van der Waals surface area contributed by atoms with E-state index >= 15 is 0 Å². The Morgan fingerprint density at radius 1 is 1.46 bits per heavy atom. The largest absolute Gasteiger partial charge is 0.496 e. The molecule has 0 saturated heterocycles. The molecule has 0 spiro atoms. The van der Waals surface area contributed by atoms with Crippen LogP contribution < -0.4 is 15.9 Å². The van der Waals surface area contributed by atoms with Crippen molar-refractivity contribution < 1.29 is 9.53 Å². The first kappa shape index (κ1) is 19.6. The number of benzene rings is 1. The summed E-state index contributed by atoms with van der Waals surface area (Å²) >= 11 is 1.15. The molecule has 0 fully saturated rings. The topological polar surface area (TPSA) is 119 Å². The molecule has 0 aliphatic rings. The molecule has 1 atom stereocenters. The highest BCUT2D eigenvalue weighted by atomic mass is 32.2. The maximum absolute atomic E-state index is 12.2. The van der Waals surface area contributed by atoms with Gasteiger partial charge in [-0.2, -0.15) is 5.26 Å². The van der Waals surface area contributed by atoms with E-state index in [4.69, 9.17) is 10.6 Å². The lowest BCUT2D eigenvalue weighted by Gasteiger charge is -2.27. The van der Waals surface area contributed by atoms with E-state index in [0.29, 0.717) is 22.3 Å². The maximum atomic E-state index is 12.2. The van der Waals surface area contributed by atoms with Crippen LogP contribution in [-0.2, 0) is 4.79 Å². The van der Waals surface area contributed by atoms with Crippen molar-refractivity contribution in [2.75, 3.05) is 18.7 Å². The highest BCUT2D eigenvalue weighted by Crippen LogP contribution is 2.29. The summed E-state index contributed by atoms with van der Waals surface area (Å²) in [5.41, 5.74) is -0.213. The van der Waals surface area contributed by atoms with Crippen molar-refractivity contribution in [2.45, 2.75) is 31.5 Å². The molecule has 1 amide bonds. The van der Waals surface area contributed by atoms with Crippen LogP contribution in [0, 0.1) is 17.2 Å². The predicted octanol–water partition coefficient (Wildman–Crippen LogP) is 1.81. The molecule has 0 saturated carbocycles. The second-order valence-corrected chi connectivity index (χ2v) is 7.12. The second kappa shape index (κ2) is 8.10. The Bertz CT molecular complexity index is 829. The van der Waals surface area contributed by atoms with Gasteiger partial charge in [0.05, 0.1) is 24.5 Å². The number of hydrogen-bond donors (Lipinski definition) is 2. The smallest absolute Gasteiger partial charge is 0.231 e. The average molecular weight is 374 g/mol. The van der Waals surface area contributed by atoms with Gasteiger partial charge in [0.1, 0.15) is 11.3 Å². The fourth-order valence-corrected chi connectivity index (χ4v) is 2.80. The molecule has 2 aromatic rings. The summed E-state index contributed by atoms with van der Waals surface area (Å²) in [5, 5.41) is 20.6. The third-order valence-corrected chi connectivity index (χ3v) is 5.07. The molecule has 1 aromatic carbocycles. The van der Waals surface area contributed by atoms with Crippen molar-refractivity contribution in [1.82, 2.24) is 20.2 Å². The molecule has 1 heterocycles. The highest BCUT2D eigenvalue weighted by molar-refractivity contribution is 7.99. The van der Waals surface area contributed by atoms with Crippen molar-refractivity contribution in [2.24, 2.45) is 5.92 Å². The van der Waals surface area contributed by atoms with Crippen LogP contribution >= 0.6 is 11.8 Å². The number of carbonyl (C=O) groups excluding carboxylic acids is 1. The Labute approximate surface area is 156 Å². The number of rotatable bonds is 7. The van der Waals surface area contributed by atoms with Crippen molar-refractivity contribution >= 4 is 17.7 Å². The Balaban J connectivity index is 2.10. The van der Waals surface area contributed by atoms with Crippen LogP contribution in [0.2, 0.25) is 0 Å². The van der Waals surface area contributed by atoms with Gasteiger partial charge in [-0.3, -0.25) is 4.79 Å². The van der Waals surface area contributed by atoms with E-state index in [-0.39, 0.29) is 17.6 Å². The predicted molar refractivity (Wildman–Crippen MR) is 99.9 cm³/mol. The number of para-hydroxylation sites is 1. The summed E-state index contributed by atoms with van der Waals surface area (Å²) in [6.45, 7) is 5.46. The average Bonchev–Trinajstić information content (AvgIpc) is 3.00. The zero-order valence-electron chi connectivity index (χ0n) is 15.2. The van der Waals surface area contributed by atoms with Gasteiger partial charge in [0.25, 0.3) is 0 Å². The van der Waals surface area contributed by atoms with Crippen molar-refractivity contribution in [3.05, 3.63) is 24.3 Å². The summed E-state index contributed by atoms with van der Waals surface area (Å²) < 4.78 is 6.63. The molecule has 138 valence electrons. The minimum Gasteiger partial charge on any atom is -0.496 e. The Hall–Kier alpha value is -2.73. The van der Waals surface area contributed by atoms with Crippen LogP contribution in [-0.4, -0.2) is 39.2 Å². The van der Waals surface area contributed by atoms with Crippen molar-refractivity contribution in [1.29, 1.82) is 5.26 Å². The molecule has 8 nitrogen and oxygen atoms in total. The third kappa shape index (κ3) is 4.08. The zero-order chi connectivity index (χ0) is 19.3. The first-order valence-corrected chi connectivity index (χ1v) is 9.00. The number of nitrogens with one attached hydrogen (secondary N) is 1. The van der Waals surface area contributed by atoms with E-state index in [1.165, 1.54) is 4.68 Å². The second-order valence-electron chi connectivity index (χ2n) is 6.18. The highest BCUT2D eigenvalue weighted by Gasteiger charge is 2.30. The quantitative estimate of drug-likeness (QED) is 0.560. The number of nitrogens with two attached hydrogens (primary N) is 1. The molecular weight excluding hydrogens is 352 g/mol. The number of amides is 1. The Morgan fingerprint density at radius 3 is 2.77 bits per heavy atom. The van der Waals surface area contributed by atoms with Gasteiger partial charge in [0.15, 0.2) is 5.82 Å². The van der Waals surface area contributed by atoms with Gasteiger partial charge in [-0.05, 0) is 25.0 Å². The van der Waals surface area contributed by atoms with Crippen LogP contribution in [0.3, 0.4) is 0 Å². The van der Waals surface area contributed by atoms with Crippen LogP contribution in [0.1, 0.15) is 20.8 Å². The van der Waals surface area contributed by atoms with E-state index < -0.39 is 5.54 Å². The molecule has 2 rings (SSSR count). The number of thioether (sulfide) groups is 1. The van der Waals surface area contributed by atoms with Gasteiger partial charge >= 0.3 is 0 Å². The fraction of sp³-hybridized carbons (Fsp3) is 0.412. The normalized spacial score (nSPS) is 13.1. The lowest BCUT2D eigenvalue weighted by atomic mass is 9.90.